The summed E-state index contributed by atoms with van der Waals surface area (Å²) in [6.45, 7) is 0. The fraction of sp³-hybridized carbons (Fsp3) is 0. The fourth-order valence-electron chi connectivity index (χ4n) is 9.12. The summed E-state index contributed by atoms with van der Waals surface area (Å²) >= 11 is 0. The van der Waals surface area contributed by atoms with Crippen molar-refractivity contribution >= 4 is 87.5 Å². The zero-order chi connectivity index (χ0) is 37.9. The Morgan fingerprint density at radius 3 is 1.50 bits per heavy atom. The van der Waals surface area contributed by atoms with Gasteiger partial charge in [0, 0.05) is 48.8 Å². The first-order valence-electron chi connectivity index (χ1n) is 19.4. The molecule has 5 aromatic heterocycles. The first kappa shape index (κ1) is 31.2. The minimum atomic E-state index is 0.497. The van der Waals surface area contributed by atoms with Crippen LogP contribution in [-0.4, -0.2) is 24.1 Å². The third-order valence-electron chi connectivity index (χ3n) is 11.6. The molecule has 0 N–H and O–H groups in total. The molecular formula is C51H29N5O2. The number of furan rings is 2. The molecule has 0 aliphatic rings. The summed E-state index contributed by atoms with van der Waals surface area (Å²) in [5, 5.41) is 8.58. The Morgan fingerprint density at radius 1 is 0.345 bits per heavy atom. The smallest absolute Gasteiger partial charge is 0.238 e. The maximum absolute atomic E-state index is 6.59. The first-order valence-corrected chi connectivity index (χ1v) is 19.4. The lowest BCUT2D eigenvalue weighted by Gasteiger charge is -2.12. The average Bonchev–Trinajstić information content (AvgIpc) is 4.04. The van der Waals surface area contributed by atoms with Gasteiger partial charge in [0.05, 0.1) is 33.2 Å². The van der Waals surface area contributed by atoms with Crippen LogP contribution in [-0.2, 0) is 0 Å². The van der Waals surface area contributed by atoms with Gasteiger partial charge in [-0.3, -0.25) is 4.57 Å². The lowest BCUT2D eigenvalue weighted by Crippen LogP contribution is -2.07. The first-order chi connectivity index (χ1) is 28.8. The normalized spacial score (nSPS) is 12.1. The van der Waals surface area contributed by atoms with Crippen LogP contribution in [0.15, 0.2) is 185 Å². The second-order valence-corrected chi connectivity index (χ2v) is 14.7. The van der Waals surface area contributed by atoms with E-state index in [1.165, 1.54) is 0 Å². The Morgan fingerprint density at radius 2 is 0.862 bits per heavy atom. The zero-order valence-corrected chi connectivity index (χ0v) is 30.8. The molecule has 8 aromatic carbocycles. The van der Waals surface area contributed by atoms with Gasteiger partial charge in [-0.25, -0.2) is 4.98 Å². The van der Waals surface area contributed by atoms with E-state index in [9.17, 15) is 0 Å². The Balaban J connectivity index is 1.18. The zero-order valence-electron chi connectivity index (χ0n) is 30.8. The highest BCUT2D eigenvalue weighted by atomic mass is 16.3. The van der Waals surface area contributed by atoms with E-state index >= 15 is 0 Å². The summed E-state index contributed by atoms with van der Waals surface area (Å²) in [5.74, 6) is 1.50. The average molecular weight is 744 g/mol. The highest BCUT2D eigenvalue weighted by Crippen LogP contribution is 2.43. The second-order valence-electron chi connectivity index (χ2n) is 14.7. The van der Waals surface area contributed by atoms with Gasteiger partial charge in [0.1, 0.15) is 22.3 Å². The number of hydrogen-bond acceptors (Lipinski definition) is 5. The number of para-hydroxylation sites is 7. The molecule has 0 bridgehead atoms. The molecule has 13 rings (SSSR count). The van der Waals surface area contributed by atoms with Gasteiger partial charge in [-0.1, -0.05) is 121 Å². The van der Waals surface area contributed by atoms with Crippen LogP contribution in [0.4, 0.5) is 0 Å². The van der Waals surface area contributed by atoms with Crippen molar-refractivity contribution in [2.45, 2.75) is 0 Å². The molecule has 0 atom stereocenters. The molecule has 0 saturated carbocycles. The van der Waals surface area contributed by atoms with Crippen LogP contribution in [0.25, 0.3) is 122 Å². The summed E-state index contributed by atoms with van der Waals surface area (Å²) in [6.07, 6.45) is 0. The van der Waals surface area contributed by atoms with Crippen LogP contribution in [0.1, 0.15) is 0 Å². The monoisotopic (exact) mass is 743 g/mol. The number of rotatable bonds is 4. The maximum Gasteiger partial charge on any atom is 0.238 e. The summed E-state index contributed by atoms with van der Waals surface area (Å²) in [5.41, 5.74) is 9.97. The SMILES string of the molecule is c1ccc(-n2c3ccccc3c3c2ccc2c4ccccc4n(-c4nc(-c5cccc6c5oc5ccccc56)nc(-c5cccc6c5oc5ccccc56)n4)c23)cc1. The van der Waals surface area contributed by atoms with Gasteiger partial charge < -0.3 is 13.4 Å². The standard InChI is InChI=1S/C51H29N5O2/c1-2-14-30(15-3-1)55-41-25-9-5-19-37(41)45-42(55)29-28-34-31-16-4-8-24-40(31)56(46(34)45)51-53-49(38-22-12-20-35-32-17-6-10-26-43(32)57-47(35)38)52-50(54-51)39-23-13-21-36-33-18-7-11-27-44(33)58-48(36)39/h1-29H. The molecule has 13 aromatic rings. The molecule has 0 unspecified atom stereocenters. The van der Waals surface area contributed by atoms with Crippen LogP contribution < -0.4 is 0 Å². The molecule has 5 heterocycles. The fourth-order valence-corrected chi connectivity index (χ4v) is 9.12. The van der Waals surface area contributed by atoms with Crippen LogP contribution in [0.5, 0.6) is 0 Å². The molecule has 0 spiro atoms. The predicted molar refractivity (Wildman–Crippen MR) is 234 cm³/mol. The molecule has 7 nitrogen and oxygen atoms in total. The van der Waals surface area contributed by atoms with Gasteiger partial charge in [0.25, 0.3) is 0 Å². The van der Waals surface area contributed by atoms with E-state index in [0.29, 0.717) is 17.6 Å². The van der Waals surface area contributed by atoms with Crippen molar-refractivity contribution in [1.82, 2.24) is 24.1 Å². The van der Waals surface area contributed by atoms with Crippen molar-refractivity contribution in [2.24, 2.45) is 0 Å². The molecular weight excluding hydrogens is 715 g/mol. The topological polar surface area (TPSA) is 74.8 Å². The Labute approximate surface area is 329 Å². The number of benzene rings is 8. The molecule has 7 heteroatoms. The van der Waals surface area contributed by atoms with Crippen molar-refractivity contribution < 1.29 is 8.83 Å². The molecule has 0 fully saturated rings. The summed E-state index contributed by atoms with van der Waals surface area (Å²) in [6, 6.07) is 60.8. The van der Waals surface area contributed by atoms with Crippen LogP contribution in [0.3, 0.4) is 0 Å². The molecule has 0 aliphatic heterocycles. The van der Waals surface area contributed by atoms with Gasteiger partial charge in [0.2, 0.25) is 5.95 Å². The Kier molecular flexibility index (Phi) is 6.32. The Hall–Kier alpha value is -8.03. The van der Waals surface area contributed by atoms with Gasteiger partial charge in [0.15, 0.2) is 11.6 Å². The van der Waals surface area contributed by atoms with Crippen molar-refractivity contribution in [3.05, 3.63) is 176 Å². The minimum absolute atomic E-state index is 0.497. The van der Waals surface area contributed by atoms with E-state index in [0.717, 1.165) is 104 Å². The van der Waals surface area contributed by atoms with E-state index in [-0.39, 0.29) is 0 Å². The largest absolute Gasteiger partial charge is 0.455 e. The number of fused-ring (bicyclic) bond motifs is 13. The highest BCUT2D eigenvalue weighted by Gasteiger charge is 2.25. The number of aromatic nitrogens is 5. The quantitative estimate of drug-likeness (QED) is 0.179. The molecule has 0 radical (unpaired) electrons. The molecule has 0 aliphatic carbocycles. The molecule has 270 valence electrons. The van der Waals surface area contributed by atoms with Gasteiger partial charge >= 0.3 is 0 Å². The molecule has 58 heavy (non-hydrogen) atoms. The lowest BCUT2D eigenvalue weighted by molar-refractivity contribution is 0.669. The molecule has 0 saturated heterocycles. The maximum atomic E-state index is 6.59. The lowest BCUT2D eigenvalue weighted by atomic mass is 10.1. The number of nitrogens with zero attached hydrogens (tertiary/aromatic N) is 5. The van der Waals surface area contributed by atoms with Crippen molar-refractivity contribution in [1.29, 1.82) is 0 Å². The van der Waals surface area contributed by atoms with Crippen LogP contribution >= 0.6 is 0 Å². The highest BCUT2D eigenvalue weighted by molar-refractivity contribution is 6.26. The van der Waals surface area contributed by atoms with E-state index in [4.69, 9.17) is 23.8 Å². The third-order valence-corrected chi connectivity index (χ3v) is 11.6. The van der Waals surface area contributed by atoms with E-state index in [1.807, 2.05) is 60.7 Å². The van der Waals surface area contributed by atoms with E-state index in [1.54, 1.807) is 0 Å². The molecule has 0 amide bonds. The van der Waals surface area contributed by atoms with Gasteiger partial charge in [-0.15, -0.1) is 0 Å². The van der Waals surface area contributed by atoms with Crippen molar-refractivity contribution in [3.63, 3.8) is 0 Å². The van der Waals surface area contributed by atoms with Crippen molar-refractivity contribution in [3.8, 4) is 34.4 Å². The summed E-state index contributed by atoms with van der Waals surface area (Å²) in [4.78, 5) is 16.1. The van der Waals surface area contributed by atoms with Crippen molar-refractivity contribution in [2.75, 3.05) is 0 Å². The summed E-state index contributed by atoms with van der Waals surface area (Å²) < 4.78 is 17.7. The van der Waals surface area contributed by atoms with E-state index < -0.39 is 0 Å². The van der Waals surface area contributed by atoms with Crippen LogP contribution in [0.2, 0.25) is 0 Å². The number of hydrogen-bond donors (Lipinski definition) is 0. The summed E-state index contributed by atoms with van der Waals surface area (Å²) in [7, 11) is 0. The Bertz CT molecular complexity index is 3680. The van der Waals surface area contributed by atoms with Gasteiger partial charge in [-0.2, -0.15) is 9.97 Å². The van der Waals surface area contributed by atoms with Crippen LogP contribution in [0, 0.1) is 0 Å². The van der Waals surface area contributed by atoms with E-state index in [2.05, 4.69) is 124 Å². The predicted octanol–water partition coefficient (Wildman–Crippen LogP) is 13.2. The minimum Gasteiger partial charge on any atom is -0.455 e. The van der Waals surface area contributed by atoms with Gasteiger partial charge in [-0.05, 0) is 54.6 Å². The second kappa shape index (κ2) is 11.7. The third kappa shape index (κ3) is 4.30.